The Morgan fingerprint density at radius 2 is 2.53 bits per heavy atom. The third kappa shape index (κ3) is 2.83. The molecule has 0 aliphatic carbocycles. The fourth-order valence-electron chi connectivity index (χ4n) is 2.07. The van der Waals surface area contributed by atoms with Crippen molar-refractivity contribution in [3.05, 3.63) is 24.0 Å². The Balaban J connectivity index is 1.77. The van der Waals surface area contributed by atoms with Gasteiger partial charge in [-0.2, -0.15) is 0 Å². The molecule has 1 aliphatic rings. The molecule has 1 N–H and O–H groups in total. The Hall–Kier alpha value is -0.800. The van der Waals surface area contributed by atoms with Gasteiger partial charge in [-0.3, -0.25) is 0 Å². The molecule has 2 heterocycles. The predicted molar refractivity (Wildman–Crippen MR) is 60.7 cm³/mol. The van der Waals surface area contributed by atoms with E-state index < -0.39 is 0 Å². The smallest absolute Gasteiger partial charge is 0.0726 e. The molecule has 1 aromatic heterocycles. The second-order valence-corrected chi connectivity index (χ2v) is 4.41. The normalized spacial score (nSPS) is 23.2. The van der Waals surface area contributed by atoms with Gasteiger partial charge in [0.2, 0.25) is 0 Å². The largest absolute Gasteiger partial charge is 0.377 e. The van der Waals surface area contributed by atoms with Gasteiger partial charge >= 0.3 is 0 Å². The Labute approximate surface area is 91.4 Å². The van der Waals surface area contributed by atoms with E-state index in [0.717, 1.165) is 13.2 Å². The van der Waals surface area contributed by atoms with Crippen LogP contribution in [0.15, 0.2) is 18.5 Å². The van der Waals surface area contributed by atoms with Gasteiger partial charge in [0.1, 0.15) is 0 Å². The van der Waals surface area contributed by atoms with Crippen molar-refractivity contribution in [1.82, 2.24) is 9.88 Å². The fraction of sp³-hybridized carbons (Fsp3) is 0.667. The molecular formula is C12H20N2O. The molecule has 0 radical (unpaired) electrons. The highest BCUT2D eigenvalue weighted by molar-refractivity contribution is 5.09. The van der Waals surface area contributed by atoms with Crippen LogP contribution in [0.1, 0.15) is 25.3 Å². The van der Waals surface area contributed by atoms with Crippen LogP contribution in [0.25, 0.3) is 0 Å². The SMILES string of the molecule is CC(NCc1ccn(C)c1)C1CCCO1. The average molecular weight is 208 g/mol. The Morgan fingerprint density at radius 3 is 3.13 bits per heavy atom. The lowest BCUT2D eigenvalue weighted by atomic mass is 10.1. The highest BCUT2D eigenvalue weighted by Crippen LogP contribution is 2.15. The Bertz CT molecular complexity index is 302. The van der Waals surface area contributed by atoms with Crippen LogP contribution in [0.4, 0.5) is 0 Å². The number of aromatic nitrogens is 1. The van der Waals surface area contributed by atoms with E-state index in [1.807, 2.05) is 7.05 Å². The maximum Gasteiger partial charge on any atom is 0.0726 e. The Morgan fingerprint density at radius 1 is 1.67 bits per heavy atom. The molecular weight excluding hydrogens is 188 g/mol. The van der Waals surface area contributed by atoms with Gasteiger partial charge in [0, 0.05) is 38.6 Å². The molecule has 1 fully saturated rings. The van der Waals surface area contributed by atoms with Crippen LogP contribution >= 0.6 is 0 Å². The number of hydrogen-bond donors (Lipinski definition) is 1. The average Bonchev–Trinajstić information content (AvgIpc) is 2.84. The fourth-order valence-corrected chi connectivity index (χ4v) is 2.07. The molecule has 0 bridgehead atoms. The summed E-state index contributed by atoms with van der Waals surface area (Å²) in [6.45, 7) is 4.07. The summed E-state index contributed by atoms with van der Waals surface area (Å²) in [6.07, 6.45) is 7.04. The summed E-state index contributed by atoms with van der Waals surface area (Å²) in [4.78, 5) is 0. The van der Waals surface area contributed by atoms with Gasteiger partial charge in [-0.1, -0.05) is 0 Å². The molecule has 84 valence electrons. The van der Waals surface area contributed by atoms with Crippen molar-refractivity contribution in [3.63, 3.8) is 0 Å². The van der Waals surface area contributed by atoms with E-state index in [2.05, 4.69) is 35.3 Å². The second-order valence-electron chi connectivity index (χ2n) is 4.41. The number of nitrogens with zero attached hydrogens (tertiary/aromatic N) is 1. The van der Waals surface area contributed by atoms with E-state index in [-0.39, 0.29) is 0 Å². The number of ether oxygens (including phenoxy) is 1. The van der Waals surface area contributed by atoms with E-state index in [0.29, 0.717) is 12.1 Å². The van der Waals surface area contributed by atoms with Crippen LogP contribution in [-0.2, 0) is 18.3 Å². The van der Waals surface area contributed by atoms with Crippen molar-refractivity contribution in [2.45, 2.75) is 38.5 Å². The number of nitrogens with one attached hydrogen (secondary N) is 1. The van der Waals surface area contributed by atoms with Crippen molar-refractivity contribution < 1.29 is 4.74 Å². The highest BCUT2D eigenvalue weighted by atomic mass is 16.5. The molecule has 15 heavy (non-hydrogen) atoms. The molecule has 1 aromatic rings. The highest BCUT2D eigenvalue weighted by Gasteiger charge is 2.21. The molecule has 2 atom stereocenters. The quantitative estimate of drug-likeness (QED) is 0.815. The summed E-state index contributed by atoms with van der Waals surface area (Å²) < 4.78 is 7.72. The minimum atomic E-state index is 0.411. The molecule has 0 aromatic carbocycles. The zero-order valence-electron chi connectivity index (χ0n) is 9.57. The molecule has 0 saturated carbocycles. The molecule has 2 rings (SSSR count). The summed E-state index contributed by atoms with van der Waals surface area (Å²) in [7, 11) is 2.05. The molecule has 3 nitrogen and oxygen atoms in total. The van der Waals surface area contributed by atoms with Crippen LogP contribution in [-0.4, -0.2) is 23.3 Å². The topological polar surface area (TPSA) is 26.2 Å². The van der Waals surface area contributed by atoms with Crippen LogP contribution < -0.4 is 5.32 Å². The van der Waals surface area contributed by atoms with Crippen LogP contribution in [0.3, 0.4) is 0 Å². The van der Waals surface area contributed by atoms with Crippen molar-refractivity contribution in [2.75, 3.05) is 6.61 Å². The summed E-state index contributed by atoms with van der Waals surface area (Å²) in [5.41, 5.74) is 1.34. The molecule has 1 saturated heterocycles. The zero-order chi connectivity index (χ0) is 10.7. The summed E-state index contributed by atoms with van der Waals surface area (Å²) in [6, 6.07) is 2.60. The van der Waals surface area contributed by atoms with E-state index >= 15 is 0 Å². The Kier molecular flexibility index (Phi) is 3.44. The van der Waals surface area contributed by atoms with E-state index in [4.69, 9.17) is 4.74 Å². The minimum absolute atomic E-state index is 0.411. The first kappa shape index (κ1) is 10.7. The standard InChI is InChI=1S/C12H20N2O/c1-10(12-4-3-7-15-12)13-8-11-5-6-14(2)9-11/h5-6,9-10,12-13H,3-4,7-8H2,1-2H3. The maximum atomic E-state index is 5.64. The van der Waals surface area contributed by atoms with Gasteiger partial charge in [-0.05, 0) is 31.4 Å². The summed E-state index contributed by atoms with van der Waals surface area (Å²) in [5, 5.41) is 3.52. The van der Waals surface area contributed by atoms with E-state index in [1.54, 1.807) is 0 Å². The van der Waals surface area contributed by atoms with Gasteiger partial charge in [-0.25, -0.2) is 0 Å². The number of aryl methyl sites for hydroxylation is 1. The lowest BCUT2D eigenvalue weighted by Gasteiger charge is -2.19. The van der Waals surface area contributed by atoms with Crippen molar-refractivity contribution in [2.24, 2.45) is 7.05 Å². The van der Waals surface area contributed by atoms with Gasteiger partial charge < -0.3 is 14.6 Å². The van der Waals surface area contributed by atoms with Crippen LogP contribution in [0.2, 0.25) is 0 Å². The molecule has 1 aliphatic heterocycles. The first-order valence-electron chi connectivity index (χ1n) is 5.71. The lowest BCUT2D eigenvalue weighted by Crippen LogP contribution is -2.36. The second kappa shape index (κ2) is 4.81. The van der Waals surface area contributed by atoms with Crippen LogP contribution in [0.5, 0.6) is 0 Å². The molecule has 0 amide bonds. The minimum Gasteiger partial charge on any atom is -0.377 e. The third-order valence-electron chi connectivity index (χ3n) is 3.04. The van der Waals surface area contributed by atoms with E-state index in [9.17, 15) is 0 Å². The molecule has 2 unspecified atom stereocenters. The summed E-state index contributed by atoms with van der Waals surface area (Å²) in [5.74, 6) is 0. The van der Waals surface area contributed by atoms with Crippen molar-refractivity contribution in [3.8, 4) is 0 Å². The summed E-state index contributed by atoms with van der Waals surface area (Å²) >= 11 is 0. The lowest BCUT2D eigenvalue weighted by molar-refractivity contribution is 0.0832. The van der Waals surface area contributed by atoms with Gasteiger partial charge in [0.25, 0.3) is 0 Å². The van der Waals surface area contributed by atoms with Crippen LogP contribution in [0, 0.1) is 0 Å². The molecule has 3 heteroatoms. The van der Waals surface area contributed by atoms with E-state index in [1.165, 1.54) is 18.4 Å². The van der Waals surface area contributed by atoms with Gasteiger partial charge in [0.15, 0.2) is 0 Å². The first-order chi connectivity index (χ1) is 7.25. The maximum absolute atomic E-state index is 5.64. The third-order valence-corrected chi connectivity index (χ3v) is 3.04. The number of rotatable bonds is 4. The molecule has 0 spiro atoms. The van der Waals surface area contributed by atoms with Gasteiger partial charge in [-0.15, -0.1) is 0 Å². The van der Waals surface area contributed by atoms with Crippen molar-refractivity contribution >= 4 is 0 Å². The first-order valence-corrected chi connectivity index (χ1v) is 5.71. The van der Waals surface area contributed by atoms with Crippen molar-refractivity contribution in [1.29, 1.82) is 0 Å². The van der Waals surface area contributed by atoms with Gasteiger partial charge in [0.05, 0.1) is 6.10 Å². The zero-order valence-corrected chi connectivity index (χ0v) is 9.57. The monoisotopic (exact) mass is 208 g/mol. The number of hydrogen-bond acceptors (Lipinski definition) is 2. The predicted octanol–water partition coefficient (Wildman–Crippen LogP) is 1.68.